The van der Waals surface area contributed by atoms with Crippen LogP contribution in [0.1, 0.15) is 43.9 Å². The molecule has 0 fully saturated rings. The van der Waals surface area contributed by atoms with E-state index in [1.54, 1.807) is 6.07 Å². The third-order valence-corrected chi connectivity index (χ3v) is 4.33. The number of hydrogen-bond acceptors (Lipinski definition) is 2. The van der Waals surface area contributed by atoms with Gasteiger partial charge in [0, 0.05) is 17.8 Å². The molecular formula is C16H21Cl2N3. The Labute approximate surface area is 136 Å². The monoisotopic (exact) mass is 325 g/mol. The lowest BCUT2D eigenvalue weighted by molar-refractivity contribution is 0.517. The smallest absolute Gasteiger partial charge is 0.0674 e. The summed E-state index contributed by atoms with van der Waals surface area (Å²) in [7, 11) is 0. The highest BCUT2D eigenvalue weighted by atomic mass is 35.5. The molecule has 1 unspecified atom stereocenters. The van der Waals surface area contributed by atoms with Crippen molar-refractivity contribution < 1.29 is 0 Å². The Bertz CT molecular complexity index is 581. The van der Waals surface area contributed by atoms with Crippen LogP contribution in [0.15, 0.2) is 30.6 Å². The van der Waals surface area contributed by atoms with E-state index >= 15 is 0 Å². The van der Waals surface area contributed by atoms with Crippen molar-refractivity contribution >= 4 is 23.2 Å². The Morgan fingerprint density at radius 1 is 1.29 bits per heavy atom. The van der Waals surface area contributed by atoms with Crippen molar-refractivity contribution in [3.8, 4) is 0 Å². The molecule has 0 aliphatic rings. The maximum absolute atomic E-state index is 6.22. The summed E-state index contributed by atoms with van der Waals surface area (Å²) in [6, 6.07) is 6.03. The molecule has 21 heavy (non-hydrogen) atoms. The zero-order valence-electron chi connectivity index (χ0n) is 12.4. The average molecular weight is 326 g/mol. The average Bonchev–Trinajstić information content (AvgIpc) is 2.93. The van der Waals surface area contributed by atoms with E-state index in [1.165, 1.54) is 5.56 Å². The van der Waals surface area contributed by atoms with Crippen molar-refractivity contribution in [2.75, 3.05) is 6.54 Å². The molecule has 1 N–H and O–H groups in total. The van der Waals surface area contributed by atoms with Crippen molar-refractivity contribution in [2.45, 2.75) is 39.3 Å². The summed E-state index contributed by atoms with van der Waals surface area (Å²) in [5, 5.41) is 9.15. The van der Waals surface area contributed by atoms with Crippen molar-refractivity contribution in [3.05, 3.63) is 51.8 Å². The zero-order valence-corrected chi connectivity index (χ0v) is 14.0. The fourth-order valence-corrected chi connectivity index (χ4v) is 2.69. The highest BCUT2D eigenvalue weighted by Gasteiger charge is 2.11. The van der Waals surface area contributed by atoms with Crippen molar-refractivity contribution in [1.82, 2.24) is 15.1 Å². The molecule has 0 aliphatic carbocycles. The second-order valence-corrected chi connectivity index (χ2v) is 5.88. The lowest BCUT2D eigenvalue weighted by Gasteiger charge is -2.14. The molecule has 1 atom stereocenters. The minimum Gasteiger partial charge on any atom is -0.310 e. The predicted molar refractivity (Wildman–Crippen MR) is 89.1 cm³/mol. The van der Waals surface area contributed by atoms with Gasteiger partial charge in [-0.15, -0.1) is 0 Å². The number of aromatic nitrogens is 2. The first kappa shape index (κ1) is 16.3. The van der Waals surface area contributed by atoms with Gasteiger partial charge in [0.25, 0.3) is 0 Å². The van der Waals surface area contributed by atoms with Gasteiger partial charge < -0.3 is 5.32 Å². The van der Waals surface area contributed by atoms with Crippen LogP contribution in [0.3, 0.4) is 0 Å². The molecule has 0 amide bonds. The Morgan fingerprint density at radius 3 is 2.81 bits per heavy atom. The number of halogens is 2. The second-order valence-electron chi connectivity index (χ2n) is 5.10. The van der Waals surface area contributed by atoms with E-state index in [2.05, 4.69) is 30.5 Å². The van der Waals surface area contributed by atoms with Crippen LogP contribution >= 0.6 is 23.2 Å². The summed E-state index contributed by atoms with van der Waals surface area (Å²) in [4.78, 5) is 0. The maximum Gasteiger partial charge on any atom is 0.0674 e. The summed E-state index contributed by atoms with van der Waals surface area (Å²) >= 11 is 12.3. The molecule has 114 valence electrons. The highest BCUT2D eigenvalue weighted by Crippen LogP contribution is 2.26. The minimum absolute atomic E-state index is 0.355. The van der Waals surface area contributed by atoms with Gasteiger partial charge in [-0.2, -0.15) is 5.10 Å². The van der Waals surface area contributed by atoms with Gasteiger partial charge in [-0.1, -0.05) is 49.2 Å². The van der Waals surface area contributed by atoms with E-state index in [1.807, 2.05) is 23.0 Å². The lowest BCUT2D eigenvalue weighted by Crippen LogP contribution is -2.21. The standard InChI is InChI=1S/C16H21Cl2N3/c1-3-8-19-15(4-2)13-9-20-21(11-13)10-12-6-5-7-14(17)16(12)18/h5-7,9,11,15,19H,3-4,8,10H2,1-2H3. The molecule has 0 aliphatic heterocycles. The van der Waals surface area contributed by atoms with E-state index < -0.39 is 0 Å². The van der Waals surface area contributed by atoms with Gasteiger partial charge in [0.2, 0.25) is 0 Å². The quantitative estimate of drug-likeness (QED) is 0.800. The second kappa shape index (κ2) is 7.83. The van der Waals surface area contributed by atoms with Gasteiger partial charge in [-0.3, -0.25) is 4.68 Å². The summed E-state index contributed by atoms with van der Waals surface area (Å²) in [6.07, 6.45) is 6.18. The third-order valence-electron chi connectivity index (χ3n) is 3.47. The van der Waals surface area contributed by atoms with Crippen molar-refractivity contribution in [2.24, 2.45) is 0 Å². The molecule has 1 aromatic heterocycles. The minimum atomic E-state index is 0.355. The highest BCUT2D eigenvalue weighted by molar-refractivity contribution is 6.42. The van der Waals surface area contributed by atoms with E-state index in [-0.39, 0.29) is 0 Å². The predicted octanol–water partition coefficient (Wildman–Crippen LogP) is 4.69. The fourth-order valence-electron chi connectivity index (χ4n) is 2.31. The van der Waals surface area contributed by atoms with Crippen LogP contribution in [0.4, 0.5) is 0 Å². The molecule has 0 saturated carbocycles. The molecule has 2 rings (SSSR count). The van der Waals surface area contributed by atoms with Gasteiger partial charge >= 0.3 is 0 Å². The topological polar surface area (TPSA) is 29.9 Å². The Morgan fingerprint density at radius 2 is 2.10 bits per heavy atom. The fraction of sp³-hybridized carbons (Fsp3) is 0.438. The van der Waals surface area contributed by atoms with Crippen LogP contribution < -0.4 is 5.32 Å². The number of rotatable bonds is 7. The summed E-state index contributed by atoms with van der Waals surface area (Å²) in [5.74, 6) is 0. The lowest BCUT2D eigenvalue weighted by atomic mass is 10.1. The summed E-state index contributed by atoms with van der Waals surface area (Å²) in [5.41, 5.74) is 2.19. The van der Waals surface area contributed by atoms with Crippen LogP contribution in [0.25, 0.3) is 0 Å². The molecule has 0 bridgehead atoms. The van der Waals surface area contributed by atoms with Gasteiger partial charge in [0.15, 0.2) is 0 Å². The van der Waals surface area contributed by atoms with Crippen LogP contribution in [0.2, 0.25) is 10.0 Å². The molecule has 0 saturated heterocycles. The first-order valence-corrected chi connectivity index (χ1v) is 8.09. The Balaban J connectivity index is 2.10. The molecular weight excluding hydrogens is 305 g/mol. The number of nitrogens with zero attached hydrogens (tertiary/aromatic N) is 2. The molecule has 3 nitrogen and oxygen atoms in total. The maximum atomic E-state index is 6.22. The summed E-state index contributed by atoms with van der Waals surface area (Å²) < 4.78 is 1.91. The molecule has 2 aromatic rings. The van der Waals surface area contributed by atoms with E-state index in [9.17, 15) is 0 Å². The number of benzene rings is 1. The summed E-state index contributed by atoms with van der Waals surface area (Å²) in [6.45, 7) is 6.00. The zero-order chi connectivity index (χ0) is 15.2. The first-order valence-electron chi connectivity index (χ1n) is 7.34. The van der Waals surface area contributed by atoms with Crippen LogP contribution in [-0.2, 0) is 6.54 Å². The molecule has 0 radical (unpaired) electrons. The van der Waals surface area contributed by atoms with E-state index in [0.29, 0.717) is 22.6 Å². The van der Waals surface area contributed by atoms with E-state index in [0.717, 1.165) is 24.9 Å². The van der Waals surface area contributed by atoms with Crippen LogP contribution in [-0.4, -0.2) is 16.3 Å². The first-order chi connectivity index (χ1) is 10.2. The molecule has 5 heteroatoms. The molecule has 0 spiro atoms. The largest absolute Gasteiger partial charge is 0.310 e. The van der Waals surface area contributed by atoms with E-state index in [4.69, 9.17) is 23.2 Å². The third kappa shape index (κ3) is 4.22. The van der Waals surface area contributed by atoms with Crippen LogP contribution in [0.5, 0.6) is 0 Å². The van der Waals surface area contributed by atoms with Crippen molar-refractivity contribution in [3.63, 3.8) is 0 Å². The van der Waals surface area contributed by atoms with Gasteiger partial charge in [0.05, 0.1) is 22.8 Å². The SMILES string of the molecule is CCCNC(CC)c1cnn(Cc2cccc(Cl)c2Cl)c1. The van der Waals surface area contributed by atoms with Gasteiger partial charge in [-0.25, -0.2) is 0 Å². The number of hydrogen-bond donors (Lipinski definition) is 1. The van der Waals surface area contributed by atoms with Gasteiger partial charge in [-0.05, 0) is 31.0 Å². The normalized spacial score (nSPS) is 12.6. The molecule has 1 aromatic carbocycles. The van der Waals surface area contributed by atoms with Gasteiger partial charge in [0.1, 0.15) is 0 Å². The Kier molecular flexibility index (Phi) is 6.09. The molecule has 1 heterocycles. The number of nitrogens with one attached hydrogen (secondary N) is 1. The van der Waals surface area contributed by atoms with Crippen molar-refractivity contribution in [1.29, 1.82) is 0 Å². The Hall–Kier alpha value is -1.03. The van der Waals surface area contributed by atoms with Crippen LogP contribution in [0, 0.1) is 0 Å².